The smallest absolute Gasteiger partial charge is 0.310 e. The molecule has 0 radical (unpaired) electrons. The second-order valence-corrected chi connectivity index (χ2v) is 18.1. The highest BCUT2D eigenvalue weighted by Crippen LogP contribution is 2.56. The molecule has 1 unspecified atom stereocenters. The Labute approximate surface area is 251 Å². The molecule has 1 saturated carbocycles. The molecule has 6 nitrogen and oxygen atoms in total. The number of halogens is 3. The van der Waals surface area contributed by atoms with E-state index in [4.69, 9.17) is 9.57 Å². The number of imidazole rings is 1. The summed E-state index contributed by atoms with van der Waals surface area (Å²) in [5.74, 6) is -2.40. The summed E-state index contributed by atoms with van der Waals surface area (Å²) in [7, 11) is -1.95. The van der Waals surface area contributed by atoms with E-state index in [0.29, 0.717) is 23.7 Å². The van der Waals surface area contributed by atoms with Crippen molar-refractivity contribution in [1.29, 1.82) is 0 Å². The third kappa shape index (κ3) is 4.69. The summed E-state index contributed by atoms with van der Waals surface area (Å²) < 4.78 is 53.3. The highest BCUT2D eigenvalue weighted by molar-refractivity contribution is 6.90. The standard InChI is InChI=1S/C33H37F3N4O2Si/c1-5-43(4,6-2)28-14-22(7-9-25(28)34)27-17-42-38-31-24(15-32(11-12-32)18-40(27)31)13-23-8-10-26(39-16-21(3)37-20-39)30-29(23)33(35,36)19-41-30/h7-10,13-14,16,20,27H,5-6,11-12,15,17-19H2,1-4H3/b24-13+. The normalized spacial score (nSPS) is 22.6. The van der Waals surface area contributed by atoms with Gasteiger partial charge in [0.2, 0.25) is 0 Å². The lowest BCUT2D eigenvalue weighted by molar-refractivity contribution is -0.0215. The predicted molar refractivity (Wildman–Crippen MR) is 163 cm³/mol. The summed E-state index contributed by atoms with van der Waals surface area (Å²) in [4.78, 5) is 12.4. The molecule has 10 heteroatoms. The largest absolute Gasteiger partial charge is 0.484 e. The van der Waals surface area contributed by atoms with Crippen LogP contribution in [0.3, 0.4) is 0 Å². The number of nitrogens with zero attached hydrogens (tertiary/aromatic N) is 4. The molecule has 1 saturated heterocycles. The Morgan fingerprint density at radius 3 is 2.63 bits per heavy atom. The molecule has 2 aromatic carbocycles. The lowest BCUT2D eigenvalue weighted by Gasteiger charge is -2.44. The van der Waals surface area contributed by atoms with E-state index in [1.807, 2.05) is 25.1 Å². The molecule has 3 aromatic rings. The van der Waals surface area contributed by atoms with E-state index < -0.39 is 20.6 Å². The zero-order valence-corrected chi connectivity index (χ0v) is 26.1. The summed E-state index contributed by atoms with van der Waals surface area (Å²) in [5.41, 5.74) is 3.62. The van der Waals surface area contributed by atoms with Crippen LogP contribution >= 0.6 is 0 Å². The van der Waals surface area contributed by atoms with Gasteiger partial charge in [-0.25, -0.2) is 9.37 Å². The number of rotatable bonds is 6. The Kier molecular flexibility index (Phi) is 6.57. The highest BCUT2D eigenvalue weighted by Gasteiger charge is 2.52. The van der Waals surface area contributed by atoms with Crippen molar-refractivity contribution in [2.45, 2.75) is 70.6 Å². The SMILES string of the molecule is CC[Si](C)(CC)c1cc(C2CON=C3/C(=C/c4ccc(-n5cnc(C)c5)c5c4C(F)(F)CO5)CC4(CC4)CN32)ccc1F. The fourth-order valence-electron chi connectivity index (χ4n) is 6.94. The van der Waals surface area contributed by atoms with Gasteiger partial charge in [-0.1, -0.05) is 55.8 Å². The van der Waals surface area contributed by atoms with Crippen LogP contribution in [-0.2, 0) is 10.8 Å². The van der Waals surface area contributed by atoms with Gasteiger partial charge in [0.05, 0.1) is 37.4 Å². The van der Waals surface area contributed by atoms with Gasteiger partial charge in [-0.05, 0) is 71.7 Å². The van der Waals surface area contributed by atoms with Crippen LogP contribution in [0.4, 0.5) is 13.2 Å². The number of ether oxygens (including phenoxy) is 1. The van der Waals surface area contributed by atoms with Crippen molar-refractivity contribution in [1.82, 2.24) is 14.5 Å². The summed E-state index contributed by atoms with van der Waals surface area (Å²) >= 11 is 0. The number of fused-ring (bicyclic) bond motifs is 2. The second-order valence-electron chi connectivity index (χ2n) is 13.0. The van der Waals surface area contributed by atoms with Crippen LogP contribution < -0.4 is 9.92 Å². The molecule has 2 fully saturated rings. The van der Waals surface area contributed by atoms with E-state index in [1.165, 1.54) is 0 Å². The molecule has 0 N–H and O–H groups in total. The van der Waals surface area contributed by atoms with Gasteiger partial charge >= 0.3 is 5.92 Å². The molecular weight excluding hydrogens is 569 g/mol. The Bertz CT molecular complexity index is 1660. The zero-order valence-electron chi connectivity index (χ0n) is 25.1. The van der Waals surface area contributed by atoms with Gasteiger partial charge in [-0.3, -0.25) is 0 Å². The molecule has 1 aromatic heterocycles. The molecule has 4 heterocycles. The third-order valence-corrected chi connectivity index (χ3v) is 15.0. The highest BCUT2D eigenvalue weighted by atomic mass is 28.3. The number of hydrogen-bond acceptors (Lipinski definition) is 5. The minimum atomic E-state index is -3.13. The summed E-state index contributed by atoms with van der Waals surface area (Å²) in [6.45, 7) is 8.89. The topological polar surface area (TPSA) is 51.9 Å². The van der Waals surface area contributed by atoms with E-state index in [-0.39, 0.29) is 28.6 Å². The first kappa shape index (κ1) is 28.2. The molecule has 1 spiro atoms. The minimum Gasteiger partial charge on any atom is -0.484 e. The maximum Gasteiger partial charge on any atom is 0.310 e. The molecule has 1 atom stereocenters. The second kappa shape index (κ2) is 10.0. The van der Waals surface area contributed by atoms with Crippen LogP contribution in [0.25, 0.3) is 11.8 Å². The first-order valence-corrected chi connectivity index (χ1v) is 18.1. The molecule has 4 aliphatic rings. The van der Waals surface area contributed by atoms with Crippen LogP contribution in [0, 0.1) is 18.2 Å². The maximum atomic E-state index is 15.4. The van der Waals surface area contributed by atoms with Crippen molar-refractivity contribution in [3.8, 4) is 11.4 Å². The van der Waals surface area contributed by atoms with Crippen LogP contribution in [0.5, 0.6) is 5.75 Å². The Balaban J connectivity index is 1.30. The lowest BCUT2D eigenvalue weighted by atomic mass is 9.86. The average molecular weight is 607 g/mol. The van der Waals surface area contributed by atoms with E-state index in [1.54, 1.807) is 29.2 Å². The number of piperidine rings is 1. The summed E-state index contributed by atoms with van der Waals surface area (Å²) in [5, 5.41) is 5.35. The zero-order chi connectivity index (χ0) is 30.1. The van der Waals surface area contributed by atoms with E-state index >= 15 is 13.2 Å². The van der Waals surface area contributed by atoms with Crippen LogP contribution in [0.1, 0.15) is 61.5 Å². The van der Waals surface area contributed by atoms with Gasteiger partial charge in [0.1, 0.15) is 12.4 Å². The Hall–Kier alpha value is -3.53. The molecular formula is C33H37F3N4O2Si. The van der Waals surface area contributed by atoms with Gasteiger partial charge < -0.3 is 19.0 Å². The maximum absolute atomic E-state index is 15.4. The van der Waals surface area contributed by atoms with Gasteiger partial charge in [0.15, 0.2) is 18.2 Å². The lowest BCUT2D eigenvalue weighted by Crippen LogP contribution is -2.49. The van der Waals surface area contributed by atoms with Crippen molar-refractivity contribution >= 4 is 25.2 Å². The van der Waals surface area contributed by atoms with Crippen molar-refractivity contribution in [3.05, 3.63) is 76.6 Å². The molecule has 226 valence electrons. The summed E-state index contributed by atoms with van der Waals surface area (Å²) in [6.07, 6.45) is 8.15. The van der Waals surface area contributed by atoms with Crippen LogP contribution in [0.15, 0.2) is 53.6 Å². The fraction of sp³-hybridized carbons (Fsp3) is 0.455. The quantitative estimate of drug-likeness (QED) is 0.282. The molecule has 3 aliphatic heterocycles. The van der Waals surface area contributed by atoms with Gasteiger partial charge in [-0.2, -0.15) is 8.78 Å². The van der Waals surface area contributed by atoms with E-state index in [9.17, 15) is 0 Å². The monoisotopic (exact) mass is 606 g/mol. The fourth-order valence-corrected chi connectivity index (χ4v) is 9.38. The summed E-state index contributed by atoms with van der Waals surface area (Å²) in [6, 6.07) is 10.9. The number of benzene rings is 2. The van der Waals surface area contributed by atoms with Crippen molar-refractivity contribution in [2.75, 3.05) is 19.8 Å². The first-order chi connectivity index (χ1) is 20.6. The molecule has 1 aliphatic carbocycles. The van der Waals surface area contributed by atoms with Gasteiger partial charge in [0, 0.05) is 12.7 Å². The number of aromatic nitrogens is 2. The molecule has 7 rings (SSSR count). The molecule has 43 heavy (non-hydrogen) atoms. The molecule has 0 amide bonds. The van der Waals surface area contributed by atoms with E-state index in [0.717, 1.165) is 59.9 Å². The number of aryl methyl sites for hydroxylation is 1. The Morgan fingerprint density at radius 1 is 1.14 bits per heavy atom. The number of amidine groups is 1. The minimum absolute atomic E-state index is 0.0792. The first-order valence-electron chi connectivity index (χ1n) is 15.2. The van der Waals surface area contributed by atoms with Gasteiger partial charge in [-0.15, -0.1) is 0 Å². The van der Waals surface area contributed by atoms with E-state index in [2.05, 4.69) is 41.5 Å². The average Bonchev–Trinajstić information content (AvgIpc) is 3.44. The predicted octanol–water partition coefficient (Wildman–Crippen LogP) is 7.08. The van der Waals surface area contributed by atoms with Crippen LogP contribution in [-0.4, -0.2) is 48.1 Å². The van der Waals surface area contributed by atoms with Crippen molar-refractivity contribution in [3.63, 3.8) is 0 Å². The Morgan fingerprint density at radius 2 is 1.93 bits per heavy atom. The number of hydrogen-bond donors (Lipinski definition) is 0. The van der Waals surface area contributed by atoms with Crippen LogP contribution in [0.2, 0.25) is 18.6 Å². The molecule has 0 bridgehead atoms. The van der Waals surface area contributed by atoms with Crippen molar-refractivity contribution < 1.29 is 22.7 Å². The number of oxime groups is 1. The number of alkyl halides is 2. The van der Waals surface area contributed by atoms with Crippen molar-refractivity contribution in [2.24, 2.45) is 10.6 Å². The van der Waals surface area contributed by atoms with Gasteiger partial charge in [0.25, 0.3) is 0 Å². The third-order valence-electron chi connectivity index (χ3n) is 10.2.